The molecule has 0 aromatic carbocycles. The first-order chi connectivity index (χ1) is 9.47. The molecule has 5 heteroatoms. The summed E-state index contributed by atoms with van der Waals surface area (Å²) in [6.07, 6.45) is 5.40. The van der Waals surface area contributed by atoms with Gasteiger partial charge in [0.2, 0.25) is 5.91 Å². The first-order valence-corrected chi connectivity index (χ1v) is 7.74. The molecule has 1 fully saturated rings. The van der Waals surface area contributed by atoms with Crippen LogP contribution in [0, 0.1) is 5.92 Å². The Bertz CT molecular complexity index is 325. The second-order valence-electron chi connectivity index (χ2n) is 5.84. The van der Waals surface area contributed by atoms with Crippen molar-refractivity contribution in [2.45, 2.75) is 65.0 Å². The van der Waals surface area contributed by atoms with Gasteiger partial charge in [0.1, 0.15) is 6.04 Å². The third-order valence-corrected chi connectivity index (χ3v) is 4.34. The van der Waals surface area contributed by atoms with Crippen LogP contribution in [0.2, 0.25) is 0 Å². The standard InChI is InChI=1S/C15H28N2O3/c1-4-11(2)13(15(19)20)16-14(18)12(3)17-9-7-5-6-8-10-17/h11-13H,4-10H2,1-3H3,(H,16,18)(H,19,20)/t11-,12?,13-/m0/s1. The van der Waals surface area contributed by atoms with Crippen LogP contribution in [0.3, 0.4) is 0 Å². The number of hydrogen-bond acceptors (Lipinski definition) is 3. The summed E-state index contributed by atoms with van der Waals surface area (Å²) in [7, 11) is 0. The van der Waals surface area contributed by atoms with Gasteiger partial charge in [-0.2, -0.15) is 0 Å². The number of likely N-dealkylation sites (tertiary alicyclic amines) is 1. The van der Waals surface area contributed by atoms with Gasteiger partial charge in [-0.3, -0.25) is 9.69 Å². The molecule has 0 aromatic heterocycles. The average Bonchev–Trinajstić information content (AvgIpc) is 2.71. The Morgan fingerprint density at radius 2 is 1.70 bits per heavy atom. The largest absolute Gasteiger partial charge is 0.480 e. The number of hydrogen-bond donors (Lipinski definition) is 2. The van der Waals surface area contributed by atoms with Crippen molar-refractivity contribution in [2.75, 3.05) is 13.1 Å². The number of carbonyl (C=O) groups is 2. The molecule has 0 aliphatic carbocycles. The lowest BCUT2D eigenvalue weighted by molar-refractivity contribution is -0.144. The zero-order valence-electron chi connectivity index (χ0n) is 12.9. The molecule has 2 N–H and O–H groups in total. The molecule has 0 radical (unpaired) electrons. The SMILES string of the molecule is CC[C@H](C)[C@H](NC(=O)C(C)N1CCCCCC1)C(=O)O. The van der Waals surface area contributed by atoms with Gasteiger partial charge in [0, 0.05) is 0 Å². The summed E-state index contributed by atoms with van der Waals surface area (Å²) < 4.78 is 0. The van der Waals surface area contributed by atoms with Crippen molar-refractivity contribution in [3.05, 3.63) is 0 Å². The van der Waals surface area contributed by atoms with Crippen LogP contribution < -0.4 is 5.32 Å². The number of nitrogens with zero attached hydrogens (tertiary/aromatic N) is 1. The Kier molecular flexibility index (Phi) is 6.99. The third-order valence-electron chi connectivity index (χ3n) is 4.34. The van der Waals surface area contributed by atoms with Crippen LogP contribution in [0.15, 0.2) is 0 Å². The van der Waals surface area contributed by atoms with Crippen LogP contribution >= 0.6 is 0 Å². The summed E-state index contributed by atoms with van der Waals surface area (Å²) in [6.45, 7) is 7.52. The van der Waals surface area contributed by atoms with Crippen molar-refractivity contribution < 1.29 is 14.7 Å². The highest BCUT2D eigenvalue weighted by molar-refractivity contribution is 5.86. The van der Waals surface area contributed by atoms with Crippen molar-refractivity contribution in [2.24, 2.45) is 5.92 Å². The Labute approximate surface area is 121 Å². The average molecular weight is 284 g/mol. The summed E-state index contributed by atoms with van der Waals surface area (Å²) in [4.78, 5) is 25.7. The highest BCUT2D eigenvalue weighted by Gasteiger charge is 2.29. The zero-order valence-corrected chi connectivity index (χ0v) is 12.9. The number of aliphatic carboxylic acids is 1. The molecule has 5 nitrogen and oxygen atoms in total. The molecule has 1 unspecified atom stereocenters. The summed E-state index contributed by atoms with van der Waals surface area (Å²) >= 11 is 0. The minimum atomic E-state index is -0.948. The van der Waals surface area contributed by atoms with Gasteiger partial charge < -0.3 is 10.4 Å². The van der Waals surface area contributed by atoms with Crippen LogP contribution in [-0.4, -0.2) is 47.1 Å². The molecule has 1 aliphatic heterocycles. The molecule has 1 rings (SSSR count). The second kappa shape index (κ2) is 8.25. The molecule has 20 heavy (non-hydrogen) atoms. The summed E-state index contributed by atoms with van der Waals surface area (Å²) in [5, 5.41) is 11.9. The van der Waals surface area contributed by atoms with E-state index in [4.69, 9.17) is 0 Å². The zero-order chi connectivity index (χ0) is 15.1. The van der Waals surface area contributed by atoms with E-state index < -0.39 is 12.0 Å². The normalized spacial score (nSPS) is 21.6. The van der Waals surface area contributed by atoms with E-state index in [0.717, 1.165) is 32.4 Å². The predicted octanol–water partition coefficient (Wildman–Crippen LogP) is 1.87. The van der Waals surface area contributed by atoms with Crippen molar-refractivity contribution in [1.82, 2.24) is 10.2 Å². The lowest BCUT2D eigenvalue weighted by Gasteiger charge is -2.29. The summed E-state index contributed by atoms with van der Waals surface area (Å²) in [5.74, 6) is -1.18. The van der Waals surface area contributed by atoms with Crippen LogP contribution in [0.25, 0.3) is 0 Å². The third kappa shape index (κ3) is 4.78. The lowest BCUT2D eigenvalue weighted by atomic mass is 9.99. The quantitative estimate of drug-likeness (QED) is 0.781. The molecule has 0 saturated carbocycles. The van der Waals surface area contributed by atoms with E-state index in [1.54, 1.807) is 0 Å². The molecule has 116 valence electrons. The van der Waals surface area contributed by atoms with Gasteiger partial charge in [-0.05, 0) is 38.8 Å². The number of rotatable bonds is 6. The first kappa shape index (κ1) is 17.0. The van der Waals surface area contributed by atoms with E-state index in [-0.39, 0.29) is 17.9 Å². The molecule has 0 bridgehead atoms. The fraction of sp³-hybridized carbons (Fsp3) is 0.867. The van der Waals surface area contributed by atoms with Crippen molar-refractivity contribution in [1.29, 1.82) is 0 Å². The van der Waals surface area contributed by atoms with Crippen LogP contribution in [0.1, 0.15) is 52.9 Å². The van der Waals surface area contributed by atoms with Gasteiger partial charge in [-0.25, -0.2) is 4.79 Å². The Hall–Kier alpha value is -1.10. The maximum atomic E-state index is 12.3. The minimum Gasteiger partial charge on any atom is -0.480 e. The number of nitrogens with one attached hydrogen (secondary N) is 1. The second-order valence-corrected chi connectivity index (χ2v) is 5.84. The minimum absolute atomic E-state index is 0.0622. The van der Waals surface area contributed by atoms with Crippen LogP contribution in [-0.2, 0) is 9.59 Å². The van der Waals surface area contributed by atoms with Crippen molar-refractivity contribution in [3.8, 4) is 0 Å². The predicted molar refractivity (Wildman–Crippen MR) is 78.5 cm³/mol. The topological polar surface area (TPSA) is 69.6 Å². The van der Waals surface area contributed by atoms with Crippen LogP contribution in [0.5, 0.6) is 0 Å². The molecular weight excluding hydrogens is 256 g/mol. The smallest absolute Gasteiger partial charge is 0.326 e. The van der Waals surface area contributed by atoms with Gasteiger partial charge in [0.15, 0.2) is 0 Å². The van der Waals surface area contributed by atoms with Gasteiger partial charge in [0.25, 0.3) is 0 Å². The van der Waals surface area contributed by atoms with E-state index in [2.05, 4.69) is 10.2 Å². The number of amides is 1. The monoisotopic (exact) mass is 284 g/mol. The van der Waals surface area contributed by atoms with Crippen LogP contribution in [0.4, 0.5) is 0 Å². The van der Waals surface area contributed by atoms with Crippen molar-refractivity contribution in [3.63, 3.8) is 0 Å². The van der Waals surface area contributed by atoms with E-state index in [0.29, 0.717) is 0 Å². The van der Waals surface area contributed by atoms with Gasteiger partial charge in [0.05, 0.1) is 6.04 Å². The highest BCUT2D eigenvalue weighted by atomic mass is 16.4. The van der Waals surface area contributed by atoms with Gasteiger partial charge in [-0.1, -0.05) is 33.1 Å². The summed E-state index contributed by atoms with van der Waals surface area (Å²) in [6, 6.07) is -1.04. The highest BCUT2D eigenvalue weighted by Crippen LogP contribution is 2.14. The summed E-state index contributed by atoms with van der Waals surface area (Å²) in [5.41, 5.74) is 0. The number of carboxylic acids is 1. The lowest BCUT2D eigenvalue weighted by Crippen LogP contribution is -2.52. The molecule has 1 saturated heterocycles. The van der Waals surface area contributed by atoms with E-state index in [1.807, 2.05) is 20.8 Å². The molecule has 1 amide bonds. The Morgan fingerprint density at radius 3 is 2.15 bits per heavy atom. The molecular formula is C15H28N2O3. The fourth-order valence-electron chi connectivity index (χ4n) is 2.61. The van der Waals surface area contributed by atoms with Gasteiger partial charge in [-0.15, -0.1) is 0 Å². The first-order valence-electron chi connectivity index (χ1n) is 7.74. The molecule has 1 heterocycles. The van der Waals surface area contributed by atoms with E-state index in [1.165, 1.54) is 12.8 Å². The fourth-order valence-corrected chi connectivity index (χ4v) is 2.61. The van der Waals surface area contributed by atoms with E-state index in [9.17, 15) is 14.7 Å². The maximum absolute atomic E-state index is 12.3. The Balaban J connectivity index is 2.60. The molecule has 1 aliphatic rings. The molecule has 3 atom stereocenters. The van der Waals surface area contributed by atoms with Gasteiger partial charge >= 0.3 is 5.97 Å². The Morgan fingerprint density at radius 1 is 1.15 bits per heavy atom. The number of carbonyl (C=O) groups excluding carboxylic acids is 1. The number of carboxylic acid groups (broad SMARTS) is 1. The van der Waals surface area contributed by atoms with E-state index >= 15 is 0 Å². The molecule has 0 aromatic rings. The molecule has 0 spiro atoms. The maximum Gasteiger partial charge on any atom is 0.326 e. The van der Waals surface area contributed by atoms with Crippen molar-refractivity contribution >= 4 is 11.9 Å².